The van der Waals surface area contributed by atoms with Crippen molar-refractivity contribution in [3.8, 4) is 0 Å². The Morgan fingerprint density at radius 2 is 2.00 bits per heavy atom. The highest BCUT2D eigenvalue weighted by Crippen LogP contribution is 2.35. The molecule has 0 aliphatic heterocycles. The van der Waals surface area contributed by atoms with Gasteiger partial charge in [0.05, 0.1) is 16.4 Å². The first-order chi connectivity index (χ1) is 10.4. The summed E-state index contributed by atoms with van der Waals surface area (Å²) in [6.07, 6.45) is -0.0461. The molecule has 0 unspecified atom stereocenters. The van der Waals surface area contributed by atoms with E-state index in [0.29, 0.717) is 11.9 Å². The van der Waals surface area contributed by atoms with E-state index in [1.54, 1.807) is 11.8 Å². The van der Waals surface area contributed by atoms with Crippen LogP contribution in [0.4, 0.5) is 24.5 Å². The molecule has 0 spiro atoms. The van der Waals surface area contributed by atoms with Crippen molar-refractivity contribution in [2.75, 3.05) is 16.9 Å². The smallest absolute Gasteiger partial charge is 0.370 e. The van der Waals surface area contributed by atoms with Crippen LogP contribution in [-0.2, 0) is 6.18 Å². The molecule has 8 heteroatoms. The third-order valence-electron chi connectivity index (χ3n) is 3.03. The van der Waals surface area contributed by atoms with Crippen molar-refractivity contribution in [1.82, 2.24) is 0 Å². The number of nitrogens with zero attached hydrogens (tertiary/aromatic N) is 1. The number of benzene rings is 1. The molecule has 0 radical (unpaired) electrons. The van der Waals surface area contributed by atoms with Crippen LogP contribution in [-0.4, -0.2) is 16.6 Å². The minimum absolute atomic E-state index is 0.110. The lowest BCUT2D eigenvalue weighted by molar-refractivity contribution is -0.384. The van der Waals surface area contributed by atoms with E-state index >= 15 is 0 Å². The van der Waals surface area contributed by atoms with Gasteiger partial charge in [-0.3, -0.25) is 10.1 Å². The van der Waals surface area contributed by atoms with Crippen LogP contribution in [0.15, 0.2) is 18.2 Å². The topological polar surface area (TPSA) is 55.2 Å². The van der Waals surface area contributed by atoms with Crippen LogP contribution in [0, 0.1) is 10.1 Å². The maximum atomic E-state index is 12.6. The monoisotopic (exact) mass is 336 g/mol. The predicted molar refractivity (Wildman–Crippen MR) is 83.2 cm³/mol. The molecular weight excluding hydrogens is 317 g/mol. The molecule has 0 saturated heterocycles. The standard InChI is InChI=1S/C14H19F3N2O2S/c1-2-3-4-5-8-22-10-18-12-7-6-11(14(15,16)17)9-13(12)19(20)21/h6-7,9,18H,2-5,8,10H2,1H3. The lowest BCUT2D eigenvalue weighted by Gasteiger charge is -2.10. The Bertz CT molecular complexity index is 495. The van der Waals surface area contributed by atoms with Crippen molar-refractivity contribution in [3.63, 3.8) is 0 Å². The Balaban J connectivity index is 2.57. The second-order valence-electron chi connectivity index (χ2n) is 4.78. The molecule has 0 fully saturated rings. The Kier molecular flexibility index (Phi) is 7.50. The Labute approximate surface area is 131 Å². The molecule has 0 atom stereocenters. The zero-order valence-electron chi connectivity index (χ0n) is 12.3. The summed E-state index contributed by atoms with van der Waals surface area (Å²) in [7, 11) is 0. The number of halogens is 3. The average molecular weight is 336 g/mol. The minimum Gasteiger partial charge on any atom is -0.370 e. The normalized spacial score (nSPS) is 11.5. The summed E-state index contributed by atoms with van der Waals surface area (Å²) < 4.78 is 37.7. The summed E-state index contributed by atoms with van der Waals surface area (Å²) in [6, 6.07) is 2.52. The molecule has 0 amide bonds. The molecule has 1 N–H and O–H groups in total. The number of nitro benzene ring substituents is 1. The van der Waals surface area contributed by atoms with Gasteiger partial charge >= 0.3 is 6.18 Å². The van der Waals surface area contributed by atoms with E-state index in [9.17, 15) is 23.3 Å². The fraction of sp³-hybridized carbons (Fsp3) is 0.571. The third kappa shape index (κ3) is 6.13. The SMILES string of the molecule is CCCCCCSCNc1ccc(C(F)(F)F)cc1[N+](=O)[O-]. The van der Waals surface area contributed by atoms with Gasteiger partial charge in [0.25, 0.3) is 5.69 Å². The highest BCUT2D eigenvalue weighted by atomic mass is 32.2. The van der Waals surface area contributed by atoms with Gasteiger partial charge in [-0.05, 0) is 24.3 Å². The van der Waals surface area contributed by atoms with E-state index in [4.69, 9.17) is 0 Å². The largest absolute Gasteiger partial charge is 0.416 e. The van der Waals surface area contributed by atoms with Crippen molar-refractivity contribution >= 4 is 23.1 Å². The molecule has 0 aliphatic rings. The third-order valence-corrected chi connectivity index (χ3v) is 3.95. The van der Waals surface area contributed by atoms with Crippen LogP contribution in [0.3, 0.4) is 0 Å². The summed E-state index contributed by atoms with van der Waals surface area (Å²) in [5, 5.41) is 13.7. The van der Waals surface area contributed by atoms with Gasteiger partial charge in [-0.25, -0.2) is 0 Å². The summed E-state index contributed by atoms with van der Waals surface area (Å²) in [6.45, 7) is 2.12. The molecule has 4 nitrogen and oxygen atoms in total. The van der Waals surface area contributed by atoms with Gasteiger partial charge in [0.1, 0.15) is 5.69 Å². The van der Waals surface area contributed by atoms with Gasteiger partial charge in [-0.15, -0.1) is 11.8 Å². The quantitative estimate of drug-likeness (QED) is 0.288. The molecule has 0 bridgehead atoms. The molecule has 0 saturated carbocycles. The van der Waals surface area contributed by atoms with Gasteiger partial charge < -0.3 is 5.32 Å². The van der Waals surface area contributed by atoms with Crippen LogP contribution < -0.4 is 5.32 Å². The number of rotatable bonds is 9. The summed E-state index contributed by atoms with van der Waals surface area (Å²) in [5.41, 5.74) is -1.46. The van der Waals surface area contributed by atoms with Crippen molar-refractivity contribution in [2.24, 2.45) is 0 Å². The summed E-state index contributed by atoms with van der Waals surface area (Å²) in [5.74, 6) is 1.35. The van der Waals surface area contributed by atoms with Crippen LogP contribution in [0.1, 0.15) is 38.2 Å². The molecule has 1 aromatic rings. The maximum absolute atomic E-state index is 12.6. The highest BCUT2D eigenvalue weighted by Gasteiger charge is 2.32. The van der Waals surface area contributed by atoms with Gasteiger partial charge in [-0.1, -0.05) is 26.2 Å². The lowest BCUT2D eigenvalue weighted by Crippen LogP contribution is -2.08. The second-order valence-corrected chi connectivity index (χ2v) is 5.88. The van der Waals surface area contributed by atoms with E-state index < -0.39 is 22.4 Å². The molecule has 0 aromatic heterocycles. The first kappa shape index (κ1) is 18.6. The Morgan fingerprint density at radius 3 is 2.59 bits per heavy atom. The molecule has 0 heterocycles. The van der Waals surface area contributed by atoms with E-state index in [1.807, 2.05) is 0 Å². The Hall–Kier alpha value is -1.44. The number of hydrogen-bond acceptors (Lipinski definition) is 4. The van der Waals surface area contributed by atoms with E-state index in [1.165, 1.54) is 6.42 Å². The van der Waals surface area contributed by atoms with E-state index in [0.717, 1.165) is 37.1 Å². The van der Waals surface area contributed by atoms with Gasteiger partial charge in [0.15, 0.2) is 0 Å². The molecule has 124 valence electrons. The maximum Gasteiger partial charge on any atom is 0.416 e. The van der Waals surface area contributed by atoms with Crippen LogP contribution in [0.5, 0.6) is 0 Å². The van der Waals surface area contributed by atoms with Gasteiger partial charge in [0.2, 0.25) is 0 Å². The van der Waals surface area contributed by atoms with E-state index in [-0.39, 0.29) is 5.69 Å². The average Bonchev–Trinajstić information content (AvgIpc) is 2.45. The number of nitro groups is 1. The first-order valence-corrected chi connectivity index (χ1v) is 8.19. The van der Waals surface area contributed by atoms with Crippen LogP contribution >= 0.6 is 11.8 Å². The summed E-state index contributed by atoms with van der Waals surface area (Å²) in [4.78, 5) is 10.1. The fourth-order valence-corrected chi connectivity index (χ4v) is 2.65. The van der Waals surface area contributed by atoms with Crippen molar-refractivity contribution in [2.45, 2.75) is 38.8 Å². The molecule has 1 aromatic carbocycles. The zero-order valence-corrected chi connectivity index (χ0v) is 13.1. The molecule has 1 rings (SSSR count). The summed E-state index contributed by atoms with van der Waals surface area (Å²) >= 11 is 1.57. The van der Waals surface area contributed by atoms with Crippen molar-refractivity contribution in [1.29, 1.82) is 0 Å². The number of anilines is 1. The number of hydrogen-bond donors (Lipinski definition) is 1. The number of nitrogens with one attached hydrogen (secondary N) is 1. The second kappa shape index (κ2) is 8.87. The molecule has 22 heavy (non-hydrogen) atoms. The fourth-order valence-electron chi connectivity index (χ4n) is 1.84. The van der Waals surface area contributed by atoms with Crippen LogP contribution in [0.2, 0.25) is 0 Å². The number of unbranched alkanes of at least 4 members (excludes halogenated alkanes) is 3. The predicted octanol–water partition coefficient (Wildman–Crippen LogP) is 5.30. The molecule has 0 aliphatic carbocycles. The van der Waals surface area contributed by atoms with Gasteiger partial charge in [0, 0.05) is 6.07 Å². The number of thioether (sulfide) groups is 1. The zero-order chi connectivity index (χ0) is 16.6. The van der Waals surface area contributed by atoms with Gasteiger partial charge in [-0.2, -0.15) is 13.2 Å². The first-order valence-electron chi connectivity index (χ1n) is 7.03. The lowest BCUT2D eigenvalue weighted by atomic mass is 10.1. The minimum atomic E-state index is -4.59. The van der Waals surface area contributed by atoms with Crippen LogP contribution in [0.25, 0.3) is 0 Å². The number of alkyl halides is 3. The van der Waals surface area contributed by atoms with Crippen molar-refractivity contribution < 1.29 is 18.1 Å². The Morgan fingerprint density at radius 1 is 1.27 bits per heavy atom. The molecular formula is C14H19F3N2O2S. The van der Waals surface area contributed by atoms with Crippen molar-refractivity contribution in [3.05, 3.63) is 33.9 Å². The highest BCUT2D eigenvalue weighted by molar-refractivity contribution is 7.99. The van der Waals surface area contributed by atoms with E-state index in [2.05, 4.69) is 12.2 Å².